The lowest BCUT2D eigenvalue weighted by molar-refractivity contribution is -0.384. The van der Waals surface area contributed by atoms with E-state index in [0.29, 0.717) is 28.2 Å². The van der Waals surface area contributed by atoms with Gasteiger partial charge < -0.3 is 19.5 Å². The van der Waals surface area contributed by atoms with Crippen LogP contribution in [-0.2, 0) is 9.53 Å². The smallest absolute Gasteiger partial charge is 0.339 e. The molecule has 0 saturated carbocycles. The van der Waals surface area contributed by atoms with E-state index < -0.39 is 22.9 Å². The van der Waals surface area contributed by atoms with E-state index in [2.05, 4.69) is 10.4 Å². The van der Waals surface area contributed by atoms with Gasteiger partial charge in [-0.05, 0) is 62.4 Å². The van der Waals surface area contributed by atoms with Crippen molar-refractivity contribution in [2.24, 2.45) is 0 Å². The Labute approximate surface area is 246 Å². The van der Waals surface area contributed by atoms with Crippen molar-refractivity contribution in [3.63, 3.8) is 0 Å². The van der Waals surface area contributed by atoms with Crippen LogP contribution in [0.1, 0.15) is 23.0 Å². The highest BCUT2D eigenvalue weighted by Crippen LogP contribution is 2.31. The number of anilines is 1. The number of methoxy groups -OCH3 is 2. The first-order valence-corrected chi connectivity index (χ1v) is 13.1. The molecule has 2 heterocycles. The second-order valence-corrected chi connectivity index (χ2v) is 9.49. The number of aromatic nitrogens is 3. The van der Waals surface area contributed by atoms with Gasteiger partial charge in [0.1, 0.15) is 11.5 Å². The lowest BCUT2D eigenvalue weighted by Crippen LogP contribution is -2.30. The lowest BCUT2D eigenvalue weighted by atomic mass is 10.1. The van der Waals surface area contributed by atoms with Crippen molar-refractivity contribution in [2.75, 3.05) is 19.5 Å². The number of para-hydroxylation sites is 1. The number of hydrogen-bond acceptors (Lipinski definition) is 9. The molecule has 0 saturated heterocycles. The Morgan fingerprint density at radius 2 is 1.70 bits per heavy atom. The molecule has 5 aromatic rings. The van der Waals surface area contributed by atoms with Crippen molar-refractivity contribution in [2.45, 2.75) is 20.0 Å². The van der Waals surface area contributed by atoms with Crippen LogP contribution < -0.4 is 14.8 Å². The molecule has 5 rings (SSSR count). The summed E-state index contributed by atoms with van der Waals surface area (Å²) in [5.41, 5.74) is 2.92. The fourth-order valence-electron chi connectivity index (χ4n) is 4.53. The summed E-state index contributed by atoms with van der Waals surface area (Å²) in [5, 5.41) is 18.9. The average Bonchev–Trinajstić information content (AvgIpc) is 3.36. The number of aryl methyl sites for hydroxylation is 1. The molecular formula is C31H27N5O7. The molecule has 0 radical (unpaired) electrons. The van der Waals surface area contributed by atoms with Crippen LogP contribution in [-0.4, -0.2) is 51.9 Å². The first-order chi connectivity index (χ1) is 20.7. The maximum atomic E-state index is 13.7. The first-order valence-electron chi connectivity index (χ1n) is 13.1. The molecule has 12 nitrogen and oxygen atoms in total. The number of nitro groups is 1. The summed E-state index contributed by atoms with van der Waals surface area (Å²) in [5.74, 6) is -0.604. The molecular weight excluding hydrogens is 554 g/mol. The van der Waals surface area contributed by atoms with E-state index in [1.54, 1.807) is 36.9 Å². The van der Waals surface area contributed by atoms with Gasteiger partial charge in [-0.2, -0.15) is 5.10 Å². The SMILES string of the molecule is COc1ccc(-c2cc(C(=O)OC(C)C(=O)Nc3cc([N+](=O)[O-])ccc3OC)c3c(C)nn(-c4ccccc4)c3n2)cc1. The normalized spacial score (nSPS) is 11.5. The number of benzene rings is 3. The number of nitrogens with one attached hydrogen (secondary N) is 1. The van der Waals surface area contributed by atoms with Gasteiger partial charge in [0.25, 0.3) is 11.6 Å². The number of fused-ring (bicyclic) bond motifs is 1. The zero-order chi connectivity index (χ0) is 30.7. The summed E-state index contributed by atoms with van der Waals surface area (Å²) in [4.78, 5) is 42.2. The Morgan fingerprint density at radius 1 is 0.977 bits per heavy atom. The van der Waals surface area contributed by atoms with Crippen molar-refractivity contribution < 1.29 is 28.7 Å². The zero-order valence-corrected chi connectivity index (χ0v) is 23.7. The Bertz CT molecular complexity index is 1840. The molecule has 1 atom stereocenters. The van der Waals surface area contributed by atoms with E-state index in [4.69, 9.17) is 19.2 Å². The van der Waals surface area contributed by atoms with Crippen molar-refractivity contribution in [3.8, 4) is 28.4 Å². The third-order valence-electron chi connectivity index (χ3n) is 6.72. The molecule has 1 N–H and O–H groups in total. The van der Waals surface area contributed by atoms with Crippen molar-refractivity contribution in [1.82, 2.24) is 14.8 Å². The molecule has 218 valence electrons. The van der Waals surface area contributed by atoms with Gasteiger partial charge >= 0.3 is 5.97 Å². The number of esters is 1. The van der Waals surface area contributed by atoms with Gasteiger partial charge in [-0.1, -0.05) is 18.2 Å². The number of rotatable bonds is 9. The number of nitro benzene ring substituents is 1. The molecule has 0 aliphatic rings. The van der Waals surface area contributed by atoms with Gasteiger partial charge in [0.2, 0.25) is 0 Å². The molecule has 3 aromatic carbocycles. The maximum absolute atomic E-state index is 13.7. The van der Waals surface area contributed by atoms with E-state index in [1.807, 2.05) is 42.5 Å². The number of non-ortho nitro benzene ring substituents is 1. The Morgan fingerprint density at radius 3 is 2.35 bits per heavy atom. The number of pyridine rings is 1. The van der Waals surface area contributed by atoms with Crippen molar-refractivity contribution in [1.29, 1.82) is 0 Å². The molecule has 1 amide bonds. The minimum Gasteiger partial charge on any atom is -0.497 e. The second kappa shape index (κ2) is 12.0. The third-order valence-corrected chi connectivity index (χ3v) is 6.72. The number of hydrogen-bond donors (Lipinski definition) is 1. The van der Waals surface area contributed by atoms with E-state index >= 15 is 0 Å². The Hall–Kier alpha value is -5.78. The number of carbonyl (C=O) groups excluding carboxylic acids is 2. The summed E-state index contributed by atoms with van der Waals surface area (Å²) >= 11 is 0. The molecule has 2 aromatic heterocycles. The number of nitrogens with zero attached hydrogens (tertiary/aromatic N) is 4. The highest BCUT2D eigenvalue weighted by molar-refractivity contribution is 6.06. The Kier molecular flexibility index (Phi) is 8.01. The Balaban J connectivity index is 1.52. The quantitative estimate of drug-likeness (QED) is 0.135. The van der Waals surface area contributed by atoms with Gasteiger partial charge in [0, 0.05) is 17.7 Å². The molecule has 12 heteroatoms. The predicted molar refractivity (Wildman–Crippen MR) is 159 cm³/mol. The van der Waals surface area contributed by atoms with Crippen LogP contribution >= 0.6 is 0 Å². The van der Waals surface area contributed by atoms with E-state index in [1.165, 1.54) is 32.2 Å². The van der Waals surface area contributed by atoms with Crippen LogP contribution in [0.2, 0.25) is 0 Å². The van der Waals surface area contributed by atoms with Crippen LogP contribution in [0.25, 0.3) is 28.0 Å². The molecule has 0 aliphatic heterocycles. The van der Waals surface area contributed by atoms with Crippen LogP contribution in [0.15, 0.2) is 78.9 Å². The van der Waals surface area contributed by atoms with Gasteiger partial charge in [-0.15, -0.1) is 0 Å². The minimum absolute atomic E-state index is 0.0673. The van der Waals surface area contributed by atoms with E-state index in [0.717, 1.165) is 11.3 Å². The summed E-state index contributed by atoms with van der Waals surface area (Å²) in [6.45, 7) is 3.16. The number of ether oxygens (including phenoxy) is 3. The van der Waals surface area contributed by atoms with Crippen molar-refractivity contribution >= 4 is 34.3 Å². The number of amides is 1. The average molecular weight is 582 g/mol. The predicted octanol–water partition coefficient (Wildman–Crippen LogP) is 5.51. The summed E-state index contributed by atoms with van der Waals surface area (Å²) < 4.78 is 17.8. The van der Waals surface area contributed by atoms with Gasteiger partial charge in [0.05, 0.1) is 52.9 Å². The monoisotopic (exact) mass is 581 g/mol. The third kappa shape index (κ3) is 5.84. The van der Waals surface area contributed by atoms with Gasteiger partial charge in [-0.3, -0.25) is 14.9 Å². The molecule has 0 fully saturated rings. The molecule has 0 bridgehead atoms. The van der Waals surface area contributed by atoms with E-state index in [-0.39, 0.29) is 22.7 Å². The maximum Gasteiger partial charge on any atom is 0.339 e. The molecule has 0 spiro atoms. The van der Waals surface area contributed by atoms with Crippen LogP contribution in [0.5, 0.6) is 11.5 Å². The largest absolute Gasteiger partial charge is 0.497 e. The van der Waals surface area contributed by atoms with E-state index in [9.17, 15) is 19.7 Å². The highest BCUT2D eigenvalue weighted by Gasteiger charge is 2.26. The lowest BCUT2D eigenvalue weighted by Gasteiger charge is -2.16. The topological polar surface area (TPSA) is 148 Å². The standard InChI is InChI=1S/C31H27N5O7/c1-18-28-24(31(38)43-19(2)30(37)33-26-16-22(36(39)40)12-15-27(26)42-4)17-25(20-10-13-23(41-3)14-11-20)32-29(28)35(34-18)21-8-6-5-7-9-21/h5-17,19H,1-4H3,(H,33,37). The molecule has 0 aliphatic carbocycles. The molecule has 43 heavy (non-hydrogen) atoms. The van der Waals surface area contributed by atoms with Crippen LogP contribution in [0.3, 0.4) is 0 Å². The molecule has 1 unspecified atom stereocenters. The first kappa shape index (κ1) is 28.7. The van der Waals surface area contributed by atoms with Crippen LogP contribution in [0.4, 0.5) is 11.4 Å². The summed E-state index contributed by atoms with van der Waals surface area (Å²) in [6, 6.07) is 22.0. The fraction of sp³-hybridized carbons (Fsp3) is 0.161. The summed E-state index contributed by atoms with van der Waals surface area (Å²) in [6.07, 6.45) is -1.27. The minimum atomic E-state index is -1.27. The van der Waals surface area contributed by atoms with Gasteiger partial charge in [0.15, 0.2) is 11.8 Å². The summed E-state index contributed by atoms with van der Waals surface area (Å²) in [7, 11) is 2.94. The number of carbonyl (C=O) groups is 2. The fourth-order valence-corrected chi connectivity index (χ4v) is 4.53. The zero-order valence-electron chi connectivity index (χ0n) is 23.7. The van der Waals surface area contributed by atoms with Crippen LogP contribution in [0, 0.1) is 17.0 Å². The van der Waals surface area contributed by atoms with Gasteiger partial charge in [-0.25, -0.2) is 14.5 Å². The second-order valence-electron chi connectivity index (χ2n) is 9.49. The highest BCUT2D eigenvalue weighted by atomic mass is 16.6. The van der Waals surface area contributed by atoms with Crippen molar-refractivity contribution in [3.05, 3.63) is 100 Å².